The molecule has 60 heavy (non-hydrogen) atoms. The van der Waals surface area contributed by atoms with E-state index in [4.69, 9.17) is 4.42 Å². The second-order valence-corrected chi connectivity index (χ2v) is 17.1. The van der Waals surface area contributed by atoms with Crippen molar-refractivity contribution >= 4 is 75.8 Å². The molecule has 0 spiro atoms. The first kappa shape index (κ1) is 33.5. The monoisotopic (exact) mass is 762 g/mol. The van der Waals surface area contributed by atoms with Gasteiger partial charge in [-0.2, -0.15) is 0 Å². The Bertz CT molecular complexity index is 3740. The van der Waals surface area contributed by atoms with Gasteiger partial charge in [-0.1, -0.05) is 178 Å². The molecule has 0 saturated carbocycles. The quantitative estimate of drug-likeness (QED) is 0.163. The summed E-state index contributed by atoms with van der Waals surface area (Å²) in [6.07, 6.45) is 0. The van der Waals surface area contributed by atoms with Gasteiger partial charge in [-0.3, -0.25) is 0 Å². The van der Waals surface area contributed by atoms with Crippen LogP contribution in [0.25, 0.3) is 120 Å². The first-order valence-corrected chi connectivity index (χ1v) is 21.0. The lowest BCUT2D eigenvalue weighted by Crippen LogP contribution is -2.14. The summed E-state index contributed by atoms with van der Waals surface area (Å²) in [5.74, 6) is 0. The number of fused-ring (bicyclic) bond motifs is 12. The molecule has 13 rings (SSSR count). The predicted octanol–water partition coefficient (Wildman–Crippen LogP) is 16.7. The van der Waals surface area contributed by atoms with Crippen LogP contribution in [0, 0.1) is 0 Å². The van der Waals surface area contributed by atoms with E-state index in [1.807, 2.05) is 6.07 Å². The third-order valence-electron chi connectivity index (χ3n) is 13.6. The van der Waals surface area contributed by atoms with Gasteiger partial charge in [-0.25, -0.2) is 0 Å². The van der Waals surface area contributed by atoms with Gasteiger partial charge in [0.05, 0.1) is 0 Å². The smallest absolute Gasteiger partial charge is 0.143 e. The standard InChI is InChI=1S/C59H38O/c1-59(2)53-31-27-36(32-51(53)52-33-37-26-28-49-42-19-11-12-25-55(42)60-58(49)50(37)34-54(52)59)39-29-30-48(41-18-6-5-17-40(39)41)57-46-22-9-7-20-44(46)56(45-21-8-10-23-47(45)57)43-24-13-15-35-14-3-4-16-38(35)43/h3-34H,1-2H3. The number of rotatable bonds is 3. The van der Waals surface area contributed by atoms with Gasteiger partial charge in [0.2, 0.25) is 0 Å². The highest BCUT2D eigenvalue weighted by molar-refractivity contribution is 6.26. The number of para-hydroxylation sites is 1. The number of benzene rings is 11. The van der Waals surface area contributed by atoms with Crippen LogP contribution in [0.2, 0.25) is 0 Å². The van der Waals surface area contributed by atoms with Gasteiger partial charge in [0.25, 0.3) is 0 Å². The molecule has 1 aliphatic carbocycles. The fourth-order valence-electron chi connectivity index (χ4n) is 10.8. The Morgan fingerprint density at radius 2 is 0.867 bits per heavy atom. The van der Waals surface area contributed by atoms with Crippen molar-refractivity contribution in [3.05, 3.63) is 205 Å². The van der Waals surface area contributed by atoms with Gasteiger partial charge < -0.3 is 4.42 Å². The lowest BCUT2D eigenvalue weighted by molar-refractivity contribution is 0.660. The summed E-state index contributed by atoms with van der Waals surface area (Å²) in [7, 11) is 0. The van der Waals surface area contributed by atoms with Crippen molar-refractivity contribution in [2.24, 2.45) is 0 Å². The first-order chi connectivity index (χ1) is 29.5. The lowest BCUT2D eigenvalue weighted by Gasteiger charge is -2.22. The molecule has 1 aliphatic rings. The average molecular weight is 763 g/mol. The van der Waals surface area contributed by atoms with Crippen molar-refractivity contribution in [2.45, 2.75) is 19.3 Å². The van der Waals surface area contributed by atoms with E-state index in [2.05, 4.69) is 202 Å². The summed E-state index contributed by atoms with van der Waals surface area (Å²) < 4.78 is 6.52. The molecule has 11 aromatic carbocycles. The highest BCUT2D eigenvalue weighted by atomic mass is 16.3. The van der Waals surface area contributed by atoms with E-state index in [-0.39, 0.29) is 5.41 Å². The minimum atomic E-state index is -0.155. The third kappa shape index (κ3) is 4.58. The molecule has 280 valence electrons. The van der Waals surface area contributed by atoms with Gasteiger partial charge >= 0.3 is 0 Å². The topological polar surface area (TPSA) is 13.1 Å². The van der Waals surface area contributed by atoms with Crippen molar-refractivity contribution in [2.75, 3.05) is 0 Å². The molecule has 0 amide bonds. The van der Waals surface area contributed by atoms with E-state index >= 15 is 0 Å². The summed E-state index contributed by atoms with van der Waals surface area (Å²) in [5.41, 5.74) is 14.7. The number of hydrogen-bond acceptors (Lipinski definition) is 1. The van der Waals surface area contributed by atoms with E-state index in [9.17, 15) is 0 Å². The predicted molar refractivity (Wildman–Crippen MR) is 255 cm³/mol. The van der Waals surface area contributed by atoms with Crippen LogP contribution < -0.4 is 0 Å². The van der Waals surface area contributed by atoms with E-state index in [0.717, 1.165) is 11.2 Å². The van der Waals surface area contributed by atoms with Crippen LogP contribution in [0.1, 0.15) is 25.0 Å². The SMILES string of the molecule is CC1(C)c2ccc(-c3ccc(-c4c5ccccc5c(-c5cccc6ccccc56)c5ccccc45)c4ccccc34)cc2-c2cc3ccc4c5ccccc5oc4c3cc21. The highest BCUT2D eigenvalue weighted by Gasteiger charge is 2.36. The molecule has 1 heteroatoms. The van der Waals surface area contributed by atoms with Crippen LogP contribution in [0.3, 0.4) is 0 Å². The summed E-state index contributed by atoms with van der Waals surface area (Å²) >= 11 is 0. The van der Waals surface area contributed by atoms with Gasteiger partial charge in [0, 0.05) is 21.6 Å². The Balaban J connectivity index is 1.01. The fourth-order valence-corrected chi connectivity index (χ4v) is 10.8. The molecule has 0 unspecified atom stereocenters. The van der Waals surface area contributed by atoms with E-state index in [1.165, 1.54) is 120 Å². The second-order valence-electron chi connectivity index (χ2n) is 17.1. The fraction of sp³-hybridized carbons (Fsp3) is 0.0508. The summed E-state index contributed by atoms with van der Waals surface area (Å²) in [6, 6.07) is 72.0. The van der Waals surface area contributed by atoms with Gasteiger partial charge in [0.1, 0.15) is 11.2 Å². The molecule has 0 bridgehead atoms. The molecule has 0 aliphatic heterocycles. The lowest BCUT2D eigenvalue weighted by atomic mass is 9.81. The normalized spacial score (nSPS) is 13.3. The minimum Gasteiger partial charge on any atom is -0.455 e. The Morgan fingerprint density at radius 3 is 1.58 bits per heavy atom. The van der Waals surface area contributed by atoms with Gasteiger partial charge in [-0.05, 0) is 134 Å². The van der Waals surface area contributed by atoms with Crippen molar-refractivity contribution in [1.82, 2.24) is 0 Å². The molecule has 0 radical (unpaired) electrons. The summed E-state index contributed by atoms with van der Waals surface area (Å²) in [6.45, 7) is 4.73. The number of hydrogen-bond donors (Lipinski definition) is 0. The molecular formula is C59H38O. The highest BCUT2D eigenvalue weighted by Crippen LogP contribution is 2.53. The maximum absolute atomic E-state index is 6.52. The average Bonchev–Trinajstić information content (AvgIpc) is 3.78. The van der Waals surface area contributed by atoms with Crippen molar-refractivity contribution in [3.8, 4) is 44.5 Å². The Kier molecular flexibility index (Phi) is 6.85. The zero-order valence-corrected chi connectivity index (χ0v) is 33.4. The Hall–Kier alpha value is -7.48. The third-order valence-corrected chi connectivity index (χ3v) is 13.6. The first-order valence-electron chi connectivity index (χ1n) is 21.0. The minimum absolute atomic E-state index is 0.155. The van der Waals surface area contributed by atoms with Crippen LogP contribution in [-0.4, -0.2) is 0 Å². The van der Waals surface area contributed by atoms with E-state index in [1.54, 1.807) is 0 Å². The number of furan rings is 1. The van der Waals surface area contributed by atoms with Crippen LogP contribution in [0.4, 0.5) is 0 Å². The van der Waals surface area contributed by atoms with Crippen molar-refractivity contribution in [1.29, 1.82) is 0 Å². The zero-order valence-electron chi connectivity index (χ0n) is 33.4. The maximum Gasteiger partial charge on any atom is 0.143 e. The summed E-state index contributed by atoms with van der Waals surface area (Å²) in [5, 5.41) is 14.8. The summed E-state index contributed by atoms with van der Waals surface area (Å²) in [4.78, 5) is 0. The molecule has 1 nitrogen and oxygen atoms in total. The largest absolute Gasteiger partial charge is 0.455 e. The molecule has 1 heterocycles. The van der Waals surface area contributed by atoms with Crippen LogP contribution >= 0.6 is 0 Å². The van der Waals surface area contributed by atoms with Crippen LogP contribution in [-0.2, 0) is 5.41 Å². The van der Waals surface area contributed by atoms with Crippen molar-refractivity contribution in [3.63, 3.8) is 0 Å². The maximum atomic E-state index is 6.52. The van der Waals surface area contributed by atoms with Crippen LogP contribution in [0.5, 0.6) is 0 Å². The molecule has 12 aromatic rings. The Morgan fingerprint density at radius 1 is 0.317 bits per heavy atom. The second kappa shape index (κ2) is 12.3. The van der Waals surface area contributed by atoms with Gasteiger partial charge in [-0.15, -0.1) is 0 Å². The molecule has 0 N–H and O–H groups in total. The van der Waals surface area contributed by atoms with E-state index < -0.39 is 0 Å². The van der Waals surface area contributed by atoms with Crippen LogP contribution in [0.15, 0.2) is 199 Å². The zero-order chi connectivity index (χ0) is 39.7. The molecule has 0 fully saturated rings. The Labute approximate surface area is 347 Å². The van der Waals surface area contributed by atoms with Crippen molar-refractivity contribution < 1.29 is 4.42 Å². The molecule has 1 aromatic heterocycles. The van der Waals surface area contributed by atoms with Gasteiger partial charge in [0.15, 0.2) is 0 Å². The molecule has 0 atom stereocenters. The van der Waals surface area contributed by atoms with E-state index in [0.29, 0.717) is 0 Å². The molecule has 0 saturated heterocycles. The molecular weight excluding hydrogens is 725 g/mol.